The summed E-state index contributed by atoms with van der Waals surface area (Å²) in [7, 11) is 0. The first-order valence-electron chi connectivity index (χ1n) is 7.30. The van der Waals surface area contributed by atoms with E-state index in [0.29, 0.717) is 23.2 Å². The van der Waals surface area contributed by atoms with Gasteiger partial charge in [0, 0.05) is 37.1 Å². The Morgan fingerprint density at radius 3 is 2.65 bits per heavy atom. The van der Waals surface area contributed by atoms with Crippen LogP contribution >= 0.6 is 0 Å². The van der Waals surface area contributed by atoms with Gasteiger partial charge >= 0.3 is 0 Å². The summed E-state index contributed by atoms with van der Waals surface area (Å²) >= 11 is 0. The van der Waals surface area contributed by atoms with Crippen molar-refractivity contribution in [3.05, 3.63) is 0 Å². The van der Waals surface area contributed by atoms with Crippen molar-refractivity contribution in [1.82, 2.24) is 10.2 Å². The van der Waals surface area contributed by atoms with Gasteiger partial charge in [-0.3, -0.25) is 4.90 Å². The number of ether oxygens (including phenoxy) is 1. The van der Waals surface area contributed by atoms with Gasteiger partial charge in [0.15, 0.2) is 0 Å². The van der Waals surface area contributed by atoms with Crippen molar-refractivity contribution in [2.24, 2.45) is 11.3 Å². The average Bonchev–Trinajstić information content (AvgIpc) is 2.70. The van der Waals surface area contributed by atoms with Crippen LogP contribution in [-0.2, 0) is 4.74 Å². The zero-order valence-corrected chi connectivity index (χ0v) is 11.0. The minimum absolute atomic E-state index is 0.409. The Labute approximate surface area is 104 Å². The summed E-state index contributed by atoms with van der Waals surface area (Å²) in [5.74, 6) is 0.994. The maximum atomic E-state index is 5.90. The Kier molecular flexibility index (Phi) is 2.06. The van der Waals surface area contributed by atoms with E-state index in [2.05, 4.69) is 24.1 Å². The van der Waals surface area contributed by atoms with Gasteiger partial charge in [0.1, 0.15) is 0 Å². The first-order chi connectivity index (χ1) is 8.19. The lowest BCUT2D eigenvalue weighted by Crippen LogP contribution is -2.55. The highest BCUT2D eigenvalue weighted by Gasteiger charge is 2.81. The Morgan fingerprint density at radius 2 is 1.94 bits per heavy atom. The number of hydrogen-bond acceptors (Lipinski definition) is 3. The molecule has 2 saturated heterocycles. The standard InChI is InChI=1S/C14H24N2O/c1-10-6-16(7-11(2)17-10)14-9-15-8-13(14)5-3-4-12(13)14/h10-12,15H,3-9H2,1-2H3/t10-,11-,12-,13+,14+/m1/s1. The predicted octanol–water partition coefficient (Wildman–Crippen LogP) is 1.24. The molecule has 96 valence electrons. The Morgan fingerprint density at radius 1 is 1.18 bits per heavy atom. The van der Waals surface area contributed by atoms with Crippen LogP contribution in [0.2, 0.25) is 0 Å². The Hall–Kier alpha value is -0.120. The Balaban J connectivity index is 1.62. The third-order valence-corrected chi connectivity index (χ3v) is 5.96. The van der Waals surface area contributed by atoms with Gasteiger partial charge < -0.3 is 10.1 Å². The molecule has 1 spiro atoms. The molecule has 3 heteroatoms. The zero-order chi connectivity index (χ0) is 11.7. The van der Waals surface area contributed by atoms with Gasteiger partial charge in [-0.25, -0.2) is 0 Å². The number of nitrogens with one attached hydrogen (secondary N) is 1. The van der Waals surface area contributed by atoms with Gasteiger partial charge in [0.2, 0.25) is 0 Å². The molecule has 0 aromatic heterocycles. The fourth-order valence-electron chi connectivity index (χ4n) is 5.56. The third-order valence-electron chi connectivity index (χ3n) is 5.96. The van der Waals surface area contributed by atoms with Gasteiger partial charge in [-0.15, -0.1) is 0 Å². The fourth-order valence-corrected chi connectivity index (χ4v) is 5.56. The fraction of sp³-hybridized carbons (Fsp3) is 1.00. The van der Waals surface area contributed by atoms with E-state index in [9.17, 15) is 0 Å². The van der Waals surface area contributed by atoms with E-state index in [1.165, 1.54) is 32.4 Å². The number of piperidine rings is 1. The van der Waals surface area contributed by atoms with Crippen LogP contribution in [0.5, 0.6) is 0 Å². The van der Waals surface area contributed by atoms with Crippen LogP contribution in [0.4, 0.5) is 0 Å². The molecule has 0 aromatic carbocycles. The van der Waals surface area contributed by atoms with Crippen molar-refractivity contribution in [2.45, 2.75) is 50.9 Å². The van der Waals surface area contributed by atoms with Gasteiger partial charge in [-0.2, -0.15) is 0 Å². The highest BCUT2D eigenvalue weighted by Crippen LogP contribution is 2.75. The number of hydrogen-bond donors (Lipinski definition) is 1. The first-order valence-corrected chi connectivity index (χ1v) is 7.30. The van der Waals surface area contributed by atoms with E-state index in [0.717, 1.165) is 19.0 Å². The smallest absolute Gasteiger partial charge is 0.0678 e. The molecular formula is C14H24N2O. The van der Waals surface area contributed by atoms with Crippen molar-refractivity contribution in [2.75, 3.05) is 26.2 Å². The maximum Gasteiger partial charge on any atom is 0.0678 e. The summed E-state index contributed by atoms with van der Waals surface area (Å²) in [6.07, 6.45) is 5.22. The first kappa shape index (κ1) is 10.8. The van der Waals surface area contributed by atoms with Crippen molar-refractivity contribution in [3.63, 3.8) is 0 Å². The molecule has 4 fully saturated rings. The van der Waals surface area contributed by atoms with E-state index in [4.69, 9.17) is 4.74 Å². The summed E-state index contributed by atoms with van der Waals surface area (Å²) in [5.41, 5.74) is 1.18. The molecular weight excluding hydrogens is 212 g/mol. The number of nitrogens with zero attached hydrogens (tertiary/aromatic N) is 1. The molecule has 1 N–H and O–H groups in total. The molecule has 4 rings (SSSR count). The molecule has 0 radical (unpaired) electrons. The number of fused-ring (bicyclic) bond motifs is 1. The molecule has 0 unspecified atom stereocenters. The van der Waals surface area contributed by atoms with Gasteiger partial charge in [-0.05, 0) is 32.6 Å². The molecule has 2 heterocycles. The SMILES string of the molecule is C[C@@H]1CN([C@]23CNC[C@]24CCC[C@H]43)C[C@@H](C)O1. The second kappa shape index (κ2) is 3.25. The summed E-state index contributed by atoms with van der Waals surface area (Å²) in [6, 6.07) is 0. The molecule has 2 aliphatic carbocycles. The molecule has 17 heavy (non-hydrogen) atoms. The van der Waals surface area contributed by atoms with E-state index in [1.54, 1.807) is 0 Å². The van der Waals surface area contributed by atoms with E-state index in [-0.39, 0.29) is 0 Å². The van der Waals surface area contributed by atoms with Crippen LogP contribution in [0.3, 0.4) is 0 Å². The van der Waals surface area contributed by atoms with Crippen molar-refractivity contribution in [3.8, 4) is 0 Å². The lowest BCUT2D eigenvalue weighted by molar-refractivity contribution is -0.0895. The predicted molar refractivity (Wildman–Crippen MR) is 67.0 cm³/mol. The second-order valence-corrected chi connectivity index (χ2v) is 6.79. The van der Waals surface area contributed by atoms with Gasteiger partial charge in [0.25, 0.3) is 0 Å². The van der Waals surface area contributed by atoms with Crippen LogP contribution in [0.15, 0.2) is 0 Å². The topological polar surface area (TPSA) is 24.5 Å². The van der Waals surface area contributed by atoms with E-state index >= 15 is 0 Å². The van der Waals surface area contributed by atoms with Crippen molar-refractivity contribution in [1.29, 1.82) is 0 Å². The molecule has 0 aromatic rings. The number of rotatable bonds is 1. The van der Waals surface area contributed by atoms with Crippen molar-refractivity contribution < 1.29 is 4.74 Å². The van der Waals surface area contributed by atoms with Crippen LogP contribution < -0.4 is 5.32 Å². The lowest BCUT2D eigenvalue weighted by Gasteiger charge is -2.42. The van der Waals surface area contributed by atoms with Gasteiger partial charge in [0.05, 0.1) is 12.2 Å². The van der Waals surface area contributed by atoms with E-state index in [1.807, 2.05) is 0 Å². The van der Waals surface area contributed by atoms with Crippen LogP contribution in [-0.4, -0.2) is 48.8 Å². The van der Waals surface area contributed by atoms with Gasteiger partial charge in [-0.1, -0.05) is 6.42 Å². The lowest BCUT2D eigenvalue weighted by atomic mass is 9.95. The quantitative estimate of drug-likeness (QED) is 0.741. The Bertz CT molecular complexity index is 333. The number of morpholine rings is 1. The molecule has 0 bridgehead atoms. The molecule has 0 amide bonds. The molecule has 2 aliphatic heterocycles. The molecule has 5 atom stereocenters. The average molecular weight is 236 g/mol. The summed E-state index contributed by atoms with van der Waals surface area (Å²) < 4.78 is 5.90. The summed E-state index contributed by atoms with van der Waals surface area (Å²) in [6.45, 7) is 9.25. The highest BCUT2D eigenvalue weighted by molar-refractivity contribution is 5.35. The summed E-state index contributed by atoms with van der Waals surface area (Å²) in [4.78, 5) is 2.79. The zero-order valence-electron chi connectivity index (χ0n) is 11.0. The van der Waals surface area contributed by atoms with Crippen LogP contribution in [0.1, 0.15) is 33.1 Å². The molecule has 4 aliphatic rings. The minimum Gasteiger partial charge on any atom is -0.373 e. The molecule has 3 nitrogen and oxygen atoms in total. The second-order valence-electron chi connectivity index (χ2n) is 6.79. The maximum absolute atomic E-state index is 5.90. The highest BCUT2D eigenvalue weighted by atomic mass is 16.5. The largest absolute Gasteiger partial charge is 0.373 e. The van der Waals surface area contributed by atoms with Crippen LogP contribution in [0.25, 0.3) is 0 Å². The van der Waals surface area contributed by atoms with E-state index < -0.39 is 0 Å². The molecule has 2 saturated carbocycles. The van der Waals surface area contributed by atoms with Crippen molar-refractivity contribution >= 4 is 0 Å². The summed E-state index contributed by atoms with van der Waals surface area (Å²) in [5, 5.41) is 3.67. The third kappa shape index (κ3) is 1.14. The minimum atomic E-state index is 0.409. The normalized spacial score (nSPS) is 57.9. The van der Waals surface area contributed by atoms with Crippen LogP contribution in [0, 0.1) is 11.3 Å². The monoisotopic (exact) mass is 236 g/mol.